The lowest BCUT2D eigenvalue weighted by atomic mass is 9.95. The van der Waals surface area contributed by atoms with E-state index in [1.807, 2.05) is 23.4 Å². The van der Waals surface area contributed by atoms with Crippen molar-refractivity contribution in [1.82, 2.24) is 19.7 Å². The minimum atomic E-state index is -0.378. The van der Waals surface area contributed by atoms with E-state index in [1.165, 1.54) is 0 Å². The molecule has 0 aliphatic carbocycles. The van der Waals surface area contributed by atoms with Crippen molar-refractivity contribution in [2.24, 2.45) is 7.05 Å². The van der Waals surface area contributed by atoms with Crippen molar-refractivity contribution in [3.63, 3.8) is 0 Å². The number of aryl methyl sites for hydroxylation is 1. The zero-order valence-electron chi connectivity index (χ0n) is 12.9. The highest BCUT2D eigenvalue weighted by molar-refractivity contribution is 5.80. The van der Waals surface area contributed by atoms with Crippen LogP contribution in [0.1, 0.15) is 37.9 Å². The van der Waals surface area contributed by atoms with Gasteiger partial charge in [-0.05, 0) is 26.2 Å². The average Bonchev–Trinajstić information content (AvgIpc) is 2.93. The molecule has 2 rings (SSSR count). The fourth-order valence-electron chi connectivity index (χ4n) is 2.68. The number of carbonyl (C=O) groups excluding carboxylic acids is 1. The second-order valence-corrected chi connectivity index (χ2v) is 5.49. The summed E-state index contributed by atoms with van der Waals surface area (Å²) in [5.41, 5.74) is 0. The Hall–Kier alpha value is -1.69. The monoisotopic (exact) mass is 292 g/mol. The third kappa shape index (κ3) is 3.91. The second-order valence-electron chi connectivity index (χ2n) is 5.49. The molecule has 0 radical (unpaired) electrons. The Bertz CT molecular complexity index is 478. The Morgan fingerprint density at radius 3 is 2.86 bits per heavy atom. The third-order valence-electron chi connectivity index (χ3n) is 3.96. The van der Waals surface area contributed by atoms with E-state index in [4.69, 9.17) is 4.74 Å². The van der Waals surface area contributed by atoms with Gasteiger partial charge in [-0.2, -0.15) is 0 Å². The zero-order chi connectivity index (χ0) is 15.2. The molecule has 0 N–H and O–H groups in total. The van der Waals surface area contributed by atoms with E-state index in [9.17, 15) is 4.79 Å². The van der Waals surface area contributed by atoms with Crippen molar-refractivity contribution in [1.29, 1.82) is 0 Å². The topological polar surface area (TPSA) is 60.2 Å². The van der Waals surface area contributed by atoms with Crippen LogP contribution >= 0.6 is 0 Å². The van der Waals surface area contributed by atoms with Gasteiger partial charge in [-0.25, -0.2) is 0 Å². The number of aromatic nitrogens is 3. The van der Waals surface area contributed by atoms with Gasteiger partial charge in [0.15, 0.2) is 0 Å². The third-order valence-corrected chi connectivity index (χ3v) is 3.96. The summed E-state index contributed by atoms with van der Waals surface area (Å²) in [6.45, 7) is 7.52. The number of rotatable bonds is 6. The molecule has 1 saturated heterocycles. The van der Waals surface area contributed by atoms with Crippen LogP contribution in [0.25, 0.3) is 0 Å². The molecule has 1 fully saturated rings. The molecule has 1 unspecified atom stereocenters. The molecule has 1 aromatic rings. The molecule has 6 heteroatoms. The van der Waals surface area contributed by atoms with Gasteiger partial charge in [0.1, 0.15) is 18.3 Å². The maximum absolute atomic E-state index is 12.3. The molecule has 0 spiro atoms. The Morgan fingerprint density at radius 2 is 2.29 bits per heavy atom. The average molecular weight is 292 g/mol. The first kappa shape index (κ1) is 15.7. The van der Waals surface area contributed by atoms with Gasteiger partial charge in [-0.3, -0.25) is 4.79 Å². The van der Waals surface area contributed by atoms with E-state index in [1.54, 1.807) is 12.4 Å². The predicted molar refractivity (Wildman–Crippen MR) is 79.8 cm³/mol. The molecule has 21 heavy (non-hydrogen) atoms. The molecular weight excluding hydrogens is 268 g/mol. The van der Waals surface area contributed by atoms with Crippen LogP contribution in [0, 0.1) is 0 Å². The maximum atomic E-state index is 12.3. The van der Waals surface area contributed by atoms with Gasteiger partial charge in [0.05, 0.1) is 6.61 Å². The fourth-order valence-corrected chi connectivity index (χ4v) is 2.68. The molecular formula is C15H24N4O2. The van der Waals surface area contributed by atoms with E-state index >= 15 is 0 Å². The summed E-state index contributed by atoms with van der Waals surface area (Å²) in [4.78, 5) is 14.2. The minimum absolute atomic E-state index is 0.0791. The lowest BCUT2D eigenvalue weighted by Crippen LogP contribution is -2.43. The van der Waals surface area contributed by atoms with Crippen molar-refractivity contribution < 1.29 is 9.53 Å². The van der Waals surface area contributed by atoms with Crippen LogP contribution in [0.3, 0.4) is 0 Å². The number of hydrogen-bond donors (Lipinski definition) is 0. The first-order chi connectivity index (χ1) is 10.1. The van der Waals surface area contributed by atoms with Crippen LogP contribution in [0.5, 0.6) is 0 Å². The Kier molecular flexibility index (Phi) is 5.50. The van der Waals surface area contributed by atoms with Crippen molar-refractivity contribution in [3.8, 4) is 0 Å². The predicted octanol–water partition coefficient (Wildman–Crippen LogP) is 1.50. The van der Waals surface area contributed by atoms with Gasteiger partial charge in [0, 0.05) is 26.1 Å². The Labute approximate surface area is 125 Å². The van der Waals surface area contributed by atoms with E-state index < -0.39 is 0 Å². The van der Waals surface area contributed by atoms with Crippen molar-refractivity contribution in [2.75, 3.05) is 19.7 Å². The highest BCUT2D eigenvalue weighted by Crippen LogP contribution is 2.26. The molecule has 116 valence electrons. The SMILES string of the molecule is C=CCCOC(C)C(=O)N1CCC(c2nncn2C)CC1. The zero-order valence-corrected chi connectivity index (χ0v) is 12.9. The van der Waals surface area contributed by atoms with Crippen LogP contribution in [0.2, 0.25) is 0 Å². The Morgan fingerprint density at radius 1 is 1.57 bits per heavy atom. The van der Waals surface area contributed by atoms with E-state index in [0.29, 0.717) is 12.5 Å². The van der Waals surface area contributed by atoms with Gasteiger partial charge in [-0.15, -0.1) is 16.8 Å². The van der Waals surface area contributed by atoms with Crippen molar-refractivity contribution in [3.05, 3.63) is 24.8 Å². The van der Waals surface area contributed by atoms with Crippen molar-refractivity contribution >= 4 is 5.91 Å². The highest BCUT2D eigenvalue weighted by atomic mass is 16.5. The smallest absolute Gasteiger partial charge is 0.251 e. The van der Waals surface area contributed by atoms with E-state index in [2.05, 4.69) is 16.8 Å². The maximum Gasteiger partial charge on any atom is 0.251 e. The number of carbonyl (C=O) groups is 1. The lowest BCUT2D eigenvalue weighted by molar-refractivity contribution is -0.143. The summed E-state index contributed by atoms with van der Waals surface area (Å²) >= 11 is 0. The molecule has 2 heterocycles. The number of likely N-dealkylation sites (tertiary alicyclic amines) is 1. The summed E-state index contributed by atoms with van der Waals surface area (Å²) in [6.07, 6.45) is 5.77. The minimum Gasteiger partial charge on any atom is -0.368 e. The number of nitrogens with zero attached hydrogens (tertiary/aromatic N) is 4. The molecule has 1 aliphatic rings. The van der Waals surface area contributed by atoms with Crippen LogP contribution in [-0.2, 0) is 16.6 Å². The first-order valence-corrected chi connectivity index (χ1v) is 7.48. The number of hydrogen-bond acceptors (Lipinski definition) is 4. The number of piperidine rings is 1. The summed E-state index contributed by atoms with van der Waals surface area (Å²) in [7, 11) is 1.96. The van der Waals surface area contributed by atoms with Gasteiger partial charge in [0.25, 0.3) is 5.91 Å². The summed E-state index contributed by atoms with van der Waals surface area (Å²) in [5, 5.41) is 8.10. The first-order valence-electron chi connectivity index (χ1n) is 7.48. The summed E-state index contributed by atoms with van der Waals surface area (Å²) in [5.74, 6) is 1.48. The standard InChI is InChI=1S/C15H24N4O2/c1-4-5-10-21-12(2)15(20)19-8-6-13(7-9-19)14-17-16-11-18(14)3/h4,11-13H,1,5-10H2,2-3H3. The largest absolute Gasteiger partial charge is 0.368 e. The quantitative estimate of drug-likeness (QED) is 0.589. The van der Waals surface area contributed by atoms with E-state index in [0.717, 1.165) is 38.2 Å². The Balaban J connectivity index is 1.81. The molecule has 6 nitrogen and oxygen atoms in total. The van der Waals surface area contributed by atoms with Crippen LogP contribution in [-0.4, -0.2) is 51.4 Å². The van der Waals surface area contributed by atoms with Gasteiger partial charge < -0.3 is 14.2 Å². The van der Waals surface area contributed by atoms with Gasteiger partial charge in [0.2, 0.25) is 0 Å². The van der Waals surface area contributed by atoms with Crippen LogP contribution < -0.4 is 0 Å². The van der Waals surface area contributed by atoms with Gasteiger partial charge >= 0.3 is 0 Å². The number of ether oxygens (including phenoxy) is 1. The molecule has 0 saturated carbocycles. The molecule has 1 atom stereocenters. The molecule has 0 aromatic carbocycles. The second kappa shape index (κ2) is 7.36. The molecule has 1 aliphatic heterocycles. The lowest BCUT2D eigenvalue weighted by Gasteiger charge is -2.33. The van der Waals surface area contributed by atoms with Crippen LogP contribution in [0.4, 0.5) is 0 Å². The van der Waals surface area contributed by atoms with E-state index in [-0.39, 0.29) is 12.0 Å². The summed E-state index contributed by atoms with van der Waals surface area (Å²) < 4.78 is 7.49. The summed E-state index contributed by atoms with van der Waals surface area (Å²) in [6, 6.07) is 0. The molecule has 1 amide bonds. The molecule has 0 bridgehead atoms. The normalized spacial score (nSPS) is 17.7. The number of amides is 1. The fraction of sp³-hybridized carbons (Fsp3) is 0.667. The highest BCUT2D eigenvalue weighted by Gasteiger charge is 2.28. The van der Waals surface area contributed by atoms with Gasteiger partial charge in [-0.1, -0.05) is 6.08 Å². The van der Waals surface area contributed by atoms with Crippen LogP contribution in [0.15, 0.2) is 19.0 Å². The molecule has 1 aromatic heterocycles. The van der Waals surface area contributed by atoms with Crippen molar-refractivity contribution in [2.45, 2.75) is 38.2 Å².